The van der Waals surface area contributed by atoms with Crippen molar-refractivity contribution in [3.8, 4) is 11.5 Å². The number of piperazine rings is 1. The van der Waals surface area contributed by atoms with Gasteiger partial charge in [0.25, 0.3) is 0 Å². The smallest absolute Gasteiger partial charge is 0.243 e. The van der Waals surface area contributed by atoms with Crippen molar-refractivity contribution in [3.05, 3.63) is 18.2 Å². The first kappa shape index (κ1) is 23.4. The summed E-state index contributed by atoms with van der Waals surface area (Å²) in [5.74, 6) is 0.901. The number of benzene rings is 1. The van der Waals surface area contributed by atoms with E-state index in [-0.39, 0.29) is 22.9 Å². The standard InChI is InChI=1S/C20H33N3O5S/c1-6-27-17-9-8-16(14-18(17)28-7-2)29(25,26)23-12-10-22(11-13-23)15-19(24)21-20(3,4)5/h8-9,14H,6-7,10-13,15H2,1-5H3,(H,21,24). The average Bonchev–Trinajstić information content (AvgIpc) is 2.62. The lowest BCUT2D eigenvalue weighted by atomic mass is 10.1. The highest BCUT2D eigenvalue weighted by atomic mass is 32.2. The largest absolute Gasteiger partial charge is 0.490 e. The van der Waals surface area contributed by atoms with Gasteiger partial charge in [-0.2, -0.15) is 4.31 Å². The summed E-state index contributed by atoms with van der Waals surface area (Å²) in [5.41, 5.74) is -0.284. The van der Waals surface area contributed by atoms with E-state index in [2.05, 4.69) is 5.32 Å². The number of sulfonamides is 1. The molecule has 1 aromatic carbocycles. The highest BCUT2D eigenvalue weighted by molar-refractivity contribution is 7.89. The SMILES string of the molecule is CCOc1ccc(S(=O)(=O)N2CCN(CC(=O)NC(C)(C)C)CC2)cc1OCC. The fourth-order valence-corrected chi connectivity index (χ4v) is 4.57. The number of hydrogen-bond donors (Lipinski definition) is 1. The molecule has 0 radical (unpaired) electrons. The van der Waals surface area contributed by atoms with Crippen LogP contribution in [0, 0.1) is 0 Å². The highest BCUT2D eigenvalue weighted by Gasteiger charge is 2.30. The van der Waals surface area contributed by atoms with Gasteiger partial charge >= 0.3 is 0 Å². The second kappa shape index (κ2) is 9.77. The van der Waals surface area contributed by atoms with Gasteiger partial charge in [-0.15, -0.1) is 0 Å². The predicted octanol–water partition coefficient (Wildman–Crippen LogP) is 1.71. The van der Waals surface area contributed by atoms with Gasteiger partial charge in [0.05, 0.1) is 24.7 Å². The Morgan fingerprint density at radius 1 is 1.03 bits per heavy atom. The molecule has 2 rings (SSSR count). The van der Waals surface area contributed by atoms with Crippen LogP contribution in [-0.2, 0) is 14.8 Å². The van der Waals surface area contributed by atoms with Crippen molar-refractivity contribution in [3.63, 3.8) is 0 Å². The molecule has 1 aromatic rings. The van der Waals surface area contributed by atoms with Crippen molar-refractivity contribution in [1.29, 1.82) is 0 Å². The third kappa shape index (κ3) is 6.58. The number of rotatable bonds is 8. The lowest BCUT2D eigenvalue weighted by Gasteiger charge is -2.34. The first-order valence-electron chi connectivity index (χ1n) is 10.00. The minimum Gasteiger partial charge on any atom is -0.490 e. The molecule has 8 nitrogen and oxygen atoms in total. The van der Waals surface area contributed by atoms with Gasteiger partial charge in [0, 0.05) is 37.8 Å². The Morgan fingerprint density at radius 2 is 1.62 bits per heavy atom. The third-order valence-corrected chi connectivity index (χ3v) is 6.26. The monoisotopic (exact) mass is 427 g/mol. The van der Waals surface area contributed by atoms with Crippen molar-refractivity contribution in [2.45, 2.75) is 45.1 Å². The lowest BCUT2D eigenvalue weighted by Crippen LogP contribution is -2.52. The first-order chi connectivity index (χ1) is 13.6. The molecule has 1 amide bonds. The number of nitrogens with zero attached hydrogens (tertiary/aromatic N) is 2. The molecule has 0 atom stereocenters. The molecule has 1 heterocycles. The topological polar surface area (TPSA) is 88.2 Å². The third-order valence-electron chi connectivity index (χ3n) is 4.37. The van der Waals surface area contributed by atoms with Gasteiger partial charge in [0.15, 0.2) is 11.5 Å². The van der Waals surface area contributed by atoms with E-state index < -0.39 is 10.0 Å². The van der Waals surface area contributed by atoms with Crippen LogP contribution in [0.25, 0.3) is 0 Å². The van der Waals surface area contributed by atoms with E-state index in [1.807, 2.05) is 39.5 Å². The summed E-state index contributed by atoms with van der Waals surface area (Å²) in [6, 6.07) is 4.70. The van der Waals surface area contributed by atoms with Crippen LogP contribution in [0.2, 0.25) is 0 Å². The Balaban J connectivity index is 2.04. The number of ether oxygens (including phenoxy) is 2. The van der Waals surface area contributed by atoms with Crippen LogP contribution in [0.4, 0.5) is 0 Å². The van der Waals surface area contributed by atoms with Crippen LogP contribution in [0.1, 0.15) is 34.6 Å². The van der Waals surface area contributed by atoms with Crippen LogP contribution >= 0.6 is 0 Å². The first-order valence-corrected chi connectivity index (χ1v) is 11.4. The lowest BCUT2D eigenvalue weighted by molar-refractivity contribution is -0.123. The van der Waals surface area contributed by atoms with E-state index in [0.29, 0.717) is 50.9 Å². The summed E-state index contributed by atoms with van der Waals surface area (Å²) in [6.45, 7) is 12.3. The fourth-order valence-electron chi connectivity index (χ4n) is 3.13. The summed E-state index contributed by atoms with van der Waals surface area (Å²) in [7, 11) is -3.64. The van der Waals surface area contributed by atoms with E-state index in [9.17, 15) is 13.2 Å². The maximum absolute atomic E-state index is 13.1. The van der Waals surface area contributed by atoms with Crippen LogP contribution < -0.4 is 14.8 Å². The minimum absolute atomic E-state index is 0.0540. The van der Waals surface area contributed by atoms with Crippen molar-refractivity contribution in [2.24, 2.45) is 0 Å². The Bertz CT molecular complexity index is 797. The Morgan fingerprint density at radius 3 is 2.17 bits per heavy atom. The van der Waals surface area contributed by atoms with Gasteiger partial charge in [-0.05, 0) is 46.8 Å². The molecule has 29 heavy (non-hydrogen) atoms. The van der Waals surface area contributed by atoms with Gasteiger partial charge in [-0.1, -0.05) is 0 Å². The summed E-state index contributed by atoms with van der Waals surface area (Å²) in [5, 5.41) is 2.93. The molecule has 1 fully saturated rings. The number of amides is 1. The second-order valence-corrected chi connectivity index (χ2v) is 9.89. The highest BCUT2D eigenvalue weighted by Crippen LogP contribution is 2.31. The Labute approximate surface area is 174 Å². The van der Waals surface area contributed by atoms with Crippen LogP contribution in [0.5, 0.6) is 11.5 Å². The van der Waals surface area contributed by atoms with Gasteiger partial charge < -0.3 is 14.8 Å². The van der Waals surface area contributed by atoms with Crippen molar-refractivity contribution >= 4 is 15.9 Å². The van der Waals surface area contributed by atoms with Gasteiger partial charge in [0.2, 0.25) is 15.9 Å². The summed E-state index contributed by atoms with van der Waals surface area (Å²) in [6.07, 6.45) is 0. The van der Waals surface area contributed by atoms with Crippen LogP contribution in [0.15, 0.2) is 23.1 Å². The molecule has 1 aliphatic rings. The number of carbonyl (C=O) groups is 1. The van der Waals surface area contributed by atoms with E-state index in [1.165, 1.54) is 10.4 Å². The van der Waals surface area contributed by atoms with Crippen molar-refractivity contribution < 1.29 is 22.7 Å². The quantitative estimate of drug-likeness (QED) is 0.679. The minimum atomic E-state index is -3.64. The van der Waals surface area contributed by atoms with Gasteiger partial charge in [-0.25, -0.2) is 8.42 Å². The molecule has 0 aromatic heterocycles. The second-order valence-electron chi connectivity index (χ2n) is 7.95. The number of carbonyl (C=O) groups excluding carboxylic acids is 1. The van der Waals surface area contributed by atoms with Crippen LogP contribution in [-0.4, -0.2) is 75.0 Å². The number of hydrogen-bond acceptors (Lipinski definition) is 6. The molecular formula is C20H33N3O5S. The molecule has 0 bridgehead atoms. The summed E-state index contributed by atoms with van der Waals surface area (Å²) >= 11 is 0. The van der Waals surface area contributed by atoms with Gasteiger partial charge in [0.1, 0.15) is 0 Å². The fraction of sp³-hybridized carbons (Fsp3) is 0.650. The predicted molar refractivity (Wildman–Crippen MR) is 112 cm³/mol. The molecule has 0 spiro atoms. The van der Waals surface area contributed by atoms with E-state index in [4.69, 9.17) is 9.47 Å². The average molecular weight is 428 g/mol. The molecule has 9 heteroatoms. The zero-order valence-electron chi connectivity index (χ0n) is 18.0. The molecule has 0 unspecified atom stereocenters. The molecule has 0 aliphatic carbocycles. The maximum Gasteiger partial charge on any atom is 0.243 e. The number of nitrogens with one attached hydrogen (secondary N) is 1. The Kier molecular flexibility index (Phi) is 7.90. The molecule has 164 valence electrons. The van der Waals surface area contributed by atoms with E-state index in [0.717, 1.165) is 0 Å². The molecule has 0 saturated carbocycles. The van der Waals surface area contributed by atoms with Crippen molar-refractivity contribution in [1.82, 2.24) is 14.5 Å². The van der Waals surface area contributed by atoms with Crippen molar-refractivity contribution in [2.75, 3.05) is 45.9 Å². The molecule has 1 aliphatic heterocycles. The normalized spacial score (nSPS) is 16.4. The summed E-state index contributed by atoms with van der Waals surface area (Å²) in [4.78, 5) is 14.3. The molecule has 1 saturated heterocycles. The molecule has 1 N–H and O–H groups in total. The molecular weight excluding hydrogens is 394 g/mol. The van der Waals surface area contributed by atoms with E-state index >= 15 is 0 Å². The van der Waals surface area contributed by atoms with Gasteiger partial charge in [-0.3, -0.25) is 9.69 Å². The van der Waals surface area contributed by atoms with Crippen LogP contribution in [0.3, 0.4) is 0 Å². The Hall–Kier alpha value is -1.84. The zero-order valence-corrected chi connectivity index (χ0v) is 18.8. The maximum atomic E-state index is 13.1. The zero-order chi connectivity index (χ0) is 21.7. The summed E-state index contributed by atoms with van der Waals surface area (Å²) < 4.78 is 38.6. The van der Waals surface area contributed by atoms with E-state index in [1.54, 1.807) is 12.1 Å².